The normalized spacial score (nSPS) is 22.6. The van der Waals surface area contributed by atoms with Crippen LogP contribution in [0.5, 0.6) is 0 Å². The molecule has 0 atom stereocenters. The van der Waals surface area contributed by atoms with E-state index in [-0.39, 0.29) is 35.2 Å². The van der Waals surface area contributed by atoms with Crippen LogP contribution in [-0.2, 0) is 0 Å². The molecule has 1 aliphatic heterocycles. The largest absolute Gasteiger partial charge is 0.351 e. The van der Waals surface area contributed by atoms with E-state index < -0.39 is 0 Å². The van der Waals surface area contributed by atoms with Gasteiger partial charge in [0.15, 0.2) is 5.78 Å². The molecule has 1 saturated heterocycles. The first kappa shape index (κ1) is 22.6. The van der Waals surface area contributed by atoms with Crippen LogP contribution in [0.25, 0.3) is 0 Å². The van der Waals surface area contributed by atoms with E-state index in [4.69, 9.17) is 4.52 Å². The van der Waals surface area contributed by atoms with Gasteiger partial charge in [0.05, 0.1) is 5.69 Å². The Morgan fingerprint density at radius 1 is 1.09 bits per heavy atom. The minimum absolute atomic E-state index is 0.0453. The Kier molecular flexibility index (Phi) is 7.35. The molecule has 6 nitrogen and oxygen atoms in total. The summed E-state index contributed by atoms with van der Waals surface area (Å²) in [4.78, 5) is 27.3. The number of hydrogen-bond donors (Lipinski definition) is 1. The van der Waals surface area contributed by atoms with Crippen LogP contribution in [-0.4, -0.2) is 47.4 Å². The van der Waals surface area contributed by atoms with Crippen LogP contribution in [0.1, 0.15) is 71.6 Å². The average molecular weight is 442 g/mol. The van der Waals surface area contributed by atoms with E-state index in [1.165, 1.54) is 18.6 Å². The molecular weight excluding hydrogens is 409 g/mol. The monoisotopic (exact) mass is 441 g/mol. The predicted octanol–water partition coefficient (Wildman–Crippen LogP) is 4.40. The molecule has 2 aromatic rings. The summed E-state index contributed by atoms with van der Waals surface area (Å²) in [5.41, 5.74) is 1.33. The van der Waals surface area contributed by atoms with Crippen molar-refractivity contribution >= 4 is 11.7 Å². The highest BCUT2D eigenvalue weighted by Gasteiger charge is 2.27. The van der Waals surface area contributed by atoms with E-state index in [0.717, 1.165) is 58.2 Å². The minimum Gasteiger partial charge on any atom is -0.351 e. The van der Waals surface area contributed by atoms with Gasteiger partial charge in [0.25, 0.3) is 5.91 Å². The van der Waals surface area contributed by atoms with Crippen molar-refractivity contribution in [2.75, 3.05) is 19.6 Å². The summed E-state index contributed by atoms with van der Waals surface area (Å²) >= 11 is 0. The molecule has 2 fully saturated rings. The summed E-state index contributed by atoms with van der Waals surface area (Å²) in [5, 5.41) is 6.84. The van der Waals surface area contributed by atoms with Crippen LogP contribution in [0.4, 0.5) is 4.39 Å². The predicted molar refractivity (Wildman–Crippen MR) is 119 cm³/mol. The fourth-order valence-electron chi connectivity index (χ4n) is 4.96. The van der Waals surface area contributed by atoms with Crippen molar-refractivity contribution < 1.29 is 18.5 Å². The van der Waals surface area contributed by atoms with E-state index >= 15 is 0 Å². The first-order valence-electron chi connectivity index (χ1n) is 11.7. The number of likely N-dealkylation sites (tertiary alicyclic amines) is 1. The number of benzene rings is 1. The molecule has 172 valence electrons. The highest BCUT2D eigenvalue weighted by molar-refractivity contribution is 5.97. The van der Waals surface area contributed by atoms with Crippen LogP contribution < -0.4 is 5.32 Å². The lowest BCUT2D eigenvalue weighted by Gasteiger charge is -2.34. The molecule has 1 saturated carbocycles. The van der Waals surface area contributed by atoms with Crippen molar-refractivity contribution in [2.45, 2.75) is 57.9 Å². The van der Waals surface area contributed by atoms with Gasteiger partial charge >= 0.3 is 0 Å². The maximum Gasteiger partial charge on any atom is 0.290 e. The van der Waals surface area contributed by atoms with Gasteiger partial charge in [-0.3, -0.25) is 9.59 Å². The van der Waals surface area contributed by atoms with Crippen LogP contribution in [0, 0.1) is 24.6 Å². The van der Waals surface area contributed by atoms with Gasteiger partial charge < -0.3 is 14.7 Å². The van der Waals surface area contributed by atoms with Gasteiger partial charge in [0.2, 0.25) is 5.76 Å². The number of halogens is 1. The number of ketones is 1. The number of Topliss-reactive ketones (excluding diaryl/α,β-unsaturated/α-hetero) is 1. The molecular formula is C25H32FN3O3. The Morgan fingerprint density at radius 2 is 1.78 bits per heavy atom. The standard InChI is InChI=1S/C25H32FN3O3/c1-17-16-23(32-28-17)25(31)27-22-8-2-18(3-9-22)10-13-29-14-11-20(12-15-29)24(30)19-4-6-21(26)7-5-19/h4-7,16,18,20,22H,2-3,8-15H2,1H3,(H,27,31)/t18-,22-. The van der Waals surface area contributed by atoms with Gasteiger partial charge in [-0.15, -0.1) is 0 Å². The van der Waals surface area contributed by atoms with Crippen molar-refractivity contribution in [3.63, 3.8) is 0 Å². The Hall–Kier alpha value is -2.54. The van der Waals surface area contributed by atoms with Crippen molar-refractivity contribution in [3.05, 3.63) is 53.2 Å². The third-order valence-corrected chi connectivity index (χ3v) is 6.97. The van der Waals surface area contributed by atoms with E-state index in [0.29, 0.717) is 17.2 Å². The highest BCUT2D eigenvalue weighted by atomic mass is 19.1. The summed E-state index contributed by atoms with van der Waals surface area (Å²) in [7, 11) is 0. The van der Waals surface area contributed by atoms with Crippen LogP contribution >= 0.6 is 0 Å². The number of aromatic nitrogens is 1. The summed E-state index contributed by atoms with van der Waals surface area (Å²) < 4.78 is 18.1. The summed E-state index contributed by atoms with van der Waals surface area (Å²) in [6.07, 6.45) is 7.15. The lowest BCUT2D eigenvalue weighted by atomic mass is 9.83. The molecule has 0 bridgehead atoms. The molecule has 1 aromatic carbocycles. The topological polar surface area (TPSA) is 75.4 Å². The molecule has 32 heavy (non-hydrogen) atoms. The van der Waals surface area contributed by atoms with Gasteiger partial charge in [0, 0.05) is 23.6 Å². The molecule has 1 aliphatic carbocycles. The maximum absolute atomic E-state index is 13.1. The number of carbonyl (C=O) groups excluding carboxylic acids is 2. The van der Waals surface area contributed by atoms with Crippen molar-refractivity contribution in [3.8, 4) is 0 Å². The van der Waals surface area contributed by atoms with Crippen LogP contribution in [0.3, 0.4) is 0 Å². The Morgan fingerprint density at radius 3 is 2.41 bits per heavy atom. The quantitative estimate of drug-likeness (QED) is 0.645. The molecule has 4 rings (SSSR count). The number of amides is 1. The average Bonchev–Trinajstić information content (AvgIpc) is 3.25. The number of aryl methyl sites for hydroxylation is 1. The summed E-state index contributed by atoms with van der Waals surface area (Å²) in [6, 6.07) is 7.77. The minimum atomic E-state index is -0.308. The number of nitrogens with zero attached hydrogens (tertiary/aromatic N) is 2. The van der Waals surface area contributed by atoms with Crippen molar-refractivity contribution in [1.29, 1.82) is 0 Å². The summed E-state index contributed by atoms with van der Waals surface area (Å²) in [6.45, 7) is 4.76. The van der Waals surface area contributed by atoms with E-state index in [9.17, 15) is 14.0 Å². The molecule has 0 unspecified atom stereocenters. The SMILES string of the molecule is Cc1cc(C(=O)N[C@H]2CC[C@H](CCN3CCC(C(=O)c4ccc(F)cc4)CC3)CC2)on1. The number of carbonyl (C=O) groups is 2. The highest BCUT2D eigenvalue weighted by Crippen LogP contribution is 2.28. The van der Waals surface area contributed by atoms with Gasteiger partial charge in [-0.1, -0.05) is 5.16 Å². The van der Waals surface area contributed by atoms with Gasteiger partial charge in [-0.2, -0.15) is 0 Å². The number of rotatable bonds is 7. The van der Waals surface area contributed by atoms with E-state index in [2.05, 4.69) is 15.4 Å². The Labute approximate surface area is 188 Å². The number of nitrogens with one attached hydrogen (secondary N) is 1. The fourth-order valence-corrected chi connectivity index (χ4v) is 4.96. The fraction of sp³-hybridized carbons (Fsp3) is 0.560. The second-order valence-corrected chi connectivity index (χ2v) is 9.30. The third kappa shape index (κ3) is 5.82. The smallest absolute Gasteiger partial charge is 0.290 e. The van der Waals surface area contributed by atoms with Gasteiger partial charge in [-0.05, 0) is 102 Å². The molecule has 1 aromatic heterocycles. The molecule has 0 spiro atoms. The zero-order valence-corrected chi connectivity index (χ0v) is 18.7. The molecule has 1 N–H and O–H groups in total. The first-order chi connectivity index (χ1) is 15.5. The van der Waals surface area contributed by atoms with Gasteiger partial charge in [-0.25, -0.2) is 4.39 Å². The second-order valence-electron chi connectivity index (χ2n) is 9.30. The molecule has 2 heterocycles. The second kappa shape index (κ2) is 10.4. The van der Waals surface area contributed by atoms with Crippen molar-refractivity contribution in [2.24, 2.45) is 11.8 Å². The molecule has 2 aliphatic rings. The Bertz CT molecular complexity index is 911. The Balaban J connectivity index is 1.13. The number of piperidine rings is 1. The van der Waals surface area contributed by atoms with E-state index in [1.807, 2.05) is 0 Å². The maximum atomic E-state index is 13.1. The molecule has 7 heteroatoms. The summed E-state index contributed by atoms with van der Waals surface area (Å²) in [5.74, 6) is 0.680. The number of hydrogen-bond acceptors (Lipinski definition) is 5. The lowest BCUT2D eigenvalue weighted by molar-refractivity contribution is 0.0832. The first-order valence-corrected chi connectivity index (χ1v) is 11.7. The zero-order valence-electron chi connectivity index (χ0n) is 18.7. The lowest BCUT2D eigenvalue weighted by Crippen LogP contribution is -2.39. The van der Waals surface area contributed by atoms with Crippen molar-refractivity contribution in [1.82, 2.24) is 15.4 Å². The molecule has 1 amide bonds. The zero-order chi connectivity index (χ0) is 22.5. The molecule has 0 radical (unpaired) electrons. The van der Waals surface area contributed by atoms with Gasteiger partial charge in [0.1, 0.15) is 5.82 Å². The van der Waals surface area contributed by atoms with E-state index in [1.54, 1.807) is 25.1 Å². The van der Waals surface area contributed by atoms with Crippen LogP contribution in [0.2, 0.25) is 0 Å². The van der Waals surface area contributed by atoms with Crippen LogP contribution in [0.15, 0.2) is 34.9 Å². The third-order valence-electron chi connectivity index (χ3n) is 6.97.